The van der Waals surface area contributed by atoms with Crippen molar-refractivity contribution in [2.24, 2.45) is 5.41 Å². The Morgan fingerprint density at radius 1 is 1.23 bits per heavy atom. The summed E-state index contributed by atoms with van der Waals surface area (Å²) in [6.45, 7) is 7.54. The van der Waals surface area contributed by atoms with E-state index < -0.39 is 6.04 Å². The predicted molar refractivity (Wildman–Crippen MR) is 117 cm³/mol. The number of hydrogen-bond acceptors (Lipinski definition) is 6. The number of ether oxygens (including phenoxy) is 3. The van der Waals surface area contributed by atoms with E-state index >= 15 is 0 Å². The van der Waals surface area contributed by atoms with Gasteiger partial charge in [0.15, 0.2) is 6.29 Å². The van der Waals surface area contributed by atoms with Crippen LogP contribution in [0.15, 0.2) is 24.3 Å². The summed E-state index contributed by atoms with van der Waals surface area (Å²) in [5.41, 5.74) is 3.23. The molecule has 1 aromatic carbocycles. The fraction of sp³-hybridized carbons (Fsp3) is 0.583. The third kappa shape index (κ3) is 4.54. The first-order valence-electron chi connectivity index (χ1n) is 10.9. The molecule has 2 aliphatic heterocycles. The fourth-order valence-corrected chi connectivity index (χ4v) is 4.67. The largest absolute Gasteiger partial charge is 0.468 e. The highest BCUT2D eigenvalue weighted by Crippen LogP contribution is 2.41. The van der Waals surface area contributed by atoms with Gasteiger partial charge in [0.2, 0.25) is 0 Å². The standard InChI is InChI=1S/C24H32N2O5/c1-15(27)9-10-26-19(12-21-30-13-24(2,3)14-31-21)22-17(11-20(26)23(28)29-4)16-7-5-6-8-18(16)25-22/h5-8,19-21,25H,9-14H2,1-4H3/t19-,20-/m0/s1. The Balaban J connectivity index is 1.72. The molecule has 7 heteroatoms. The minimum atomic E-state index is -0.457. The maximum absolute atomic E-state index is 12.8. The monoisotopic (exact) mass is 428 g/mol. The van der Waals surface area contributed by atoms with Gasteiger partial charge in [-0.15, -0.1) is 0 Å². The van der Waals surface area contributed by atoms with E-state index in [1.54, 1.807) is 6.92 Å². The van der Waals surface area contributed by atoms with Crippen molar-refractivity contribution in [2.75, 3.05) is 26.9 Å². The van der Waals surface area contributed by atoms with Crippen LogP contribution in [0.2, 0.25) is 0 Å². The number of ketones is 1. The molecular weight excluding hydrogens is 396 g/mol. The molecule has 1 aromatic heterocycles. The second-order valence-corrected chi connectivity index (χ2v) is 9.46. The third-order valence-electron chi connectivity index (χ3n) is 6.31. The number of nitrogens with one attached hydrogen (secondary N) is 1. The van der Waals surface area contributed by atoms with Crippen LogP contribution < -0.4 is 0 Å². The molecule has 31 heavy (non-hydrogen) atoms. The van der Waals surface area contributed by atoms with Gasteiger partial charge in [0.1, 0.15) is 11.8 Å². The van der Waals surface area contributed by atoms with E-state index in [2.05, 4.69) is 29.8 Å². The SMILES string of the molecule is COC(=O)[C@@H]1Cc2c([nH]c3ccccc23)[C@H](CC2OCC(C)(C)CO2)N1CCC(C)=O. The van der Waals surface area contributed by atoms with Crippen LogP contribution in [-0.2, 0) is 30.2 Å². The molecule has 0 spiro atoms. The molecule has 1 fully saturated rings. The lowest BCUT2D eigenvalue weighted by atomic mass is 9.89. The van der Waals surface area contributed by atoms with E-state index in [9.17, 15) is 9.59 Å². The Labute approximate surface area is 183 Å². The molecule has 2 aromatic rings. The molecule has 3 heterocycles. The smallest absolute Gasteiger partial charge is 0.323 e. The fourth-order valence-electron chi connectivity index (χ4n) is 4.67. The maximum Gasteiger partial charge on any atom is 0.323 e. The first-order chi connectivity index (χ1) is 14.8. The van der Waals surface area contributed by atoms with Crippen molar-refractivity contribution in [3.8, 4) is 0 Å². The lowest BCUT2D eigenvalue weighted by molar-refractivity contribution is -0.230. The van der Waals surface area contributed by atoms with Crippen molar-refractivity contribution in [3.63, 3.8) is 0 Å². The van der Waals surface area contributed by atoms with Crippen molar-refractivity contribution < 1.29 is 23.8 Å². The summed E-state index contributed by atoms with van der Waals surface area (Å²) in [6.07, 6.45) is 1.12. The van der Waals surface area contributed by atoms with E-state index in [1.165, 1.54) is 7.11 Å². The predicted octanol–water partition coefficient (Wildman–Crippen LogP) is 3.38. The van der Waals surface area contributed by atoms with E-state index in [0.29, 0.717) is 39.0 Å². The van der Waals surface area contributed by atoms with E-state index in [1.807, 2.05) is 18.2 Å². The Kier molecular flexibility index (Phi) is 6.19. The summed E-state index contributed by atoms with van der Waals surface area (Å²) in [5.74, 6) is -0.187. The highest BCUT2D eigenvalue weighted by Gasteiger charge is 2.42. The average Bonchev–Trinajstić information content (AvgIpc) is 3.12. The molecule has 0 amide bonds. The van der Waals surface area contributed by atoms with E-state index in [4.69, 9.17) is 14.2 Å². The van der Waals surface area contributed by atoms with Gasteiger partial charge in [-0.05, 0) is 18.6 Å². The zero-order valence-electron chi connectivity index (χ0n) is 18.8. The number of esters is 1. The first kappa shape index (κ1) is 22.0. The number of carbonyl (C=O) groups is 2. The van der Waals surface area contributed by atoms with Crippen LogP contribution in [0.25, 0.3) is 10.9 Å². The van der Waals surface area contributed by atoms with Gasteiger partial charge in [0.05, 0.1) is 26.4 Å². The highest BCUT2D eigenvalue weighted by molar-refractivity contribution is 5.87. The summed E-state index contributed by atoms with van der Waals surface area (Å²) < 4.78 is 17.2. The van der Waals surface area contributed by atoms with Crippen molar-refractivity contribution >= 4 is 22.7 Å². The highest BCUT2D eigenvalue weighted by atomic mass is 16.7. The molecule has 7 nitrogen and oxygen atoms in total. The Morgan fingerprint density at radius 3 is 2.61 bits per heavy atom. The number of para-hydroxylation sites is 1. The third-order valence-corrected chi connectivity index (χ3v) is 6.31. The number of aromatic amines is 1. The number of benzene rings is 1. The Hall–Kier alpha value is -2.22. The summed E-state index contributed by atoms with van der Waals surface area (Å²) >= 11 is 0. The zero-order chi connectivity index (χ0) is 22.2. The minimum Gasteiger partial charge on any atom is -0.468 e. The zero-order valence-corrected chi connectivity index (χ0v) is 18.8. The number of Topliss-reactive ketones (excluding diaryl/α,β-unsaturated/α-hetero) is 1. The molecule has 4 rings (SSSR count). The number of H-pyrrole nitrogens is 1. The molecule has 0 unspecified atom stereocenters. The Morgan fingerprint density at radius 2 is 1.94 bits per heavy atom. The van der Waals surface area contributed by atoms with Gasteiger partial charge >= 0.3 is 5.97 Å². The Bertz CT molecular complexity index is 956. The molecule has 0 radical (unpaired) electrons. The molecule has 2 atom stereocenters. The van der Waals surface area contributed by atoms with Crippen molar-refractivity contribution in [3.05, 3.63) is 35.5 Å². The van der Waals surface area contributed by atoms with Crippen LogP contribution in [0, 0.1) is 5.41 Å². The van der Waals surface area contributed by atoms with Crippen LogP contribution in [-0.4, -0.2) is 60.8 Å². The van der Waals surface area contributed by atoms with E-state index in [-0.39, 0.29) is 29.5 Å². The number of methoxy groups -OCH3 is 1. The number of aromatic nitrogens is 1. The van der Waals surface area contributed by atoms with Crippen molar-refractivity contribution in [1.29, 1.82) is 0 Å². The lowest BCUT2D eigenvalue weighted by Crippen LogP contribution is -2.51. The van der Waals surface area contributed by atoms with Crippen LogP contribution >= 0.6 is 0 Å². The van der Waals surface area contributed by atoms with Gasteiger partial charge < -0.3 is 19.2 Å². The minimum absolute atomic E-state index is 0.0157. The number of carbonyl (C=O) groups excluding carboxylic acids is 2. The van der Waals surface area contributed by atoms with Crippen LogP contribution in [0.5, 0.6) is 0 Å². The molecular formula is C24H32N2O5. The van der Waals surface area contributed by atoms with Crippen LogP contribution in [0.4, 0.5) is 0 Å². The molecule has 0 aliphatic carbocycles. The first-order valence-corrected chi connectivity index (χ1v) is 10.9. The molecule has 1 N–H and O–H groups in total. The van der Waals surface area contributed by atoms with Crippen molar-refractivity contribution in [2.45, 2.75) is 58.4 Å². The number of rotatable bonds is 6. The van der Waals surface area contributed by atoms with Gasteiger partial charge in [0.25, 0.3) is 0 Å². The number of nitrogens with zero attached hydrogens (tertiary/aromatic N) is 1. The number of fused-ring (bicyclic) bond motifs is 3. The van der Waals surface area contributed by atoms with Gasteiger partial charge in [-0.2, -0.15) is 0 Å². The second-order valence-electron chi connectivity index (χ2n) is 9.46. The molecule has 2 aliphatic rings. The topological polar surface area (TPSA) is 80.9 Å². The quantitative estimate of drug-likeness (QED) is 0.711. The summed E-state index contributed by atoms with van der Waals surface area (Å²) in [6, 6.07) is 7.54. The maximum atomic E-state index is 12.8. The molecule has 1 saturated heterocycles. The average molecular weight is 429 g/mol. The van der Waals surface area contributed by atoms with E-state index in [0.717, 1.165) is 22.2 Å². The van der Waals surface area contributed by atoms with Gasteiger partial charge in [-0.1, -0.05) is 32.0 Å². The van der Waals surface area contributed by atoms with Gasteiger partial charge in [-0.3, -0.25) is 14.5 Å². The normalized spacial score (nSPS) is 24.1. The van der Waals surface area contributed by atoms with Crippen LogP contribution in [0.3, 0.4) is 0 Å². The molecule has 168 valence electrons. The van der Waals surface area contributed by atoms with Crippen LogP contribution in [0.1, 0.15) is 50.9 Å². The molecule has 0 bridgehead atoms. The summed E-state index contributed by atoms with van der Waals surface area (Å²) in [5, 5.41) is 1.12. The van der Waals surface area contributed by atoms with Gasteiger partial charge in [0, 0.05) is 47.8 Å². The molecule has 0 saturated carbocycles. The second kappa shape index (κ2) is 8.73. The number of hydrogen-bond donors (Lipinski definition) is 1. The summed E-state index contributed by atoms with van der Waals surface area (Å²) in [7, 11) is 1.42. The van der Waals surface area contributed by atoms with Crippen molar-refractivity contribution in [1.82, 2.24) is 9.88 Å². The van der Waals surface area contributed by atoms with Gasteiger partial charge in [-0.25, -0.2) is 0 Å². The summed E-state index contributed by atoms with van der Waals surface area (Å²) in [4.78, 5) is 30.3. The lowest BCUT2D eigenvalue weighted by Gasteiger charge is -2.43.